The fraction of sp³-hybridized carbons (Fsp3) is 0.286. The Balaban J connectivity index is 1.46. The first-order chi connectivity index (χ1) is 17.1. The van der Waals surface area contributed by atoms with Gasteiger partial charge in [-0.15, -0.1) is 0 Å². The summed E-state index contributed by atoms with van der Waals surface area (Å²) in [5.41, 5.74) is 5.26. The van der Waals surface area contributed by atoms with E-state index < -0.39 is 11.2 Å². The quantitative estimate of drug-likeness (QED) is 0.309. The monoisotopic (exact) mass is 487 g/mol. The number of hydrogen-bond donors (Lipinski definition) is 0. The zero-order chi connectivity index (χ0) is 24.2. The van der Waals surface area contributed by atoms with Crippen LogP contribution in [0.3, 0.4) is 0 Å². The van der Waals surface area contributed by atoms with Gasteiger partial charge >= 0.3 is 0 Å². The number of nitrogens with zero attached hydrogens (tertiary/aromatic N) is 3. The predicted molar refractivity (Wildman–Crippen MR) is 138 cm³/mol. The van der Waals surface area contributed by atoms with Gasteiger partial charge in [-0.05, 0) is 78.1 Å². The summed E-state index contributed by atoms with van der Waals surface area (Å²) in [4.78, 5) is 10.1. The highest BCUT2D eigenvalue weighted by molar-refractivity contribution is 7.90. The minimum atomic E-state index is -1.01. The molecule has 2 unspecified atom stereocenters. The van der Waals surface area contributed by atoms with E-state index in [0.29, 0.717) is 13.2 Å². The molecule has 0 saturated heterocycles. The molecule has 2 atom stereocenters. The number of aromatic nitrogens is 3. The number of benzene rings is 2. The fourth-order valence-electron chi connectivity index (χ4n) is 4.66. The van der Waals surface area contributed by atoms with Crippen LogP contribution in [0.2, 0.25) is 0 Å². The fourth-order valence-corrected chi connectivity index (χ4v) is 5.18. The highest BCUT2D eigenvalue weighted by Gasteiger charge is 2.28. The molecule has 1 aliphatic rings. The summed E-state index contributed by atoms with van der Waals surface area (Å²) in [6, 6.07) is 20.2. The molecule has 2 aromatic carbocycles. The van der Waals surface area contributed by atoms with E-state index in [0.717, 1.165) is 63.8 Å². The molecule has 0 aliphatic carbocycles. The Morgan fingerprint density at radius 3 is 2.43 bits per heavy atom. The lowest BCUT2D eigenvalue weighted by Gasteiger charge is -2.27. The lowest BCUT2D eigenvalue weighted by atomic mass is 10.0. The van der Waals surface area contributed by atoms with Crippen molar-refractivity contribution in [2.24, 2.45) is 0 Å². The molecule has 0 fully saturated rings. The number of fused-ring (bicyclic) bond motifs is 1. The summed E-state index contributed by atoms with van der Waals surface area (Å²) in [6.07, 6.45) is 8.39. The van der Waals surface area contributed by atoms with Gasteiger partial charge < -0.3 is 18.6 Å². The molecule has 0 saturated carbocycles. The Labute approximate surface area is 209 Å². The van der Waals surface area contributed by atoms with Crippen molar-refractivity contribution < 1.29 is 14.0 Å². The van der Waals surface area contributed by atoms with Crippen molar-refractivity contribution in [1.82, 2.24) is 14.5 Å². The molecule has 180 valence electrons. The van der Waals surface area contributed by atoms with E-state index in [1.165, 1.54) is 0 Å². The zero-order valence-electron chi connectivity index (χ0n) is 20.0. The van der Waals surface area contributed by atoms with Crippen LogP contribution in [0, 0.1) is 0 Å². The van der Waals surface area contributed by atoms with Crippen molar-refractivity contribution >= 4 is 11.2 Å². The standard InChI is InChI=1S/C28H29N3O3S/c1-33-24-10-6-20(7-11-24)18-34-19-23-4-3-5-26-30-27(21-8-12-25(13-9-21)35(2)32)28(31(23)26)22-14-16-29-17-15-22/h6-17,23H,3-5,18-19H2,1-2H3. The van der Waals surface area contributed by atoms with Gasteiger partial charge in [-0.3, -0.25) is 4.98 Å². The third-order valence-electron chi connectivity index (χ3n) is 6.44. The van der Waals surface area contributed by atoms with E-state index in [9.17, 15) is 4.55 Å². The highest BCUT2D eigenvalue weighted by Crippen LogP contribution is 2.39. The van der Waals surface area contributed by atoms with Crippen LogP contribution in [0.15, 0.2) is 78.0 Å². The van der Waals surface area contributed by atoms with Crippen LogP contribution in [0.4, 0.5) is 0 Å². The SMILES string of the molecule is COc1ccc(COCC2CCCc3nc(-c4ccc([S+](C)[O-])cc4)c(-c4ccncc4)n32)cc1. The average Bonchev–Trinajstić information content (AvgIpc) is 3.30. The molecule has 7 heteroatoms. The van der Waals surface area contributed by atoms with Crippen molar-refractivity contribution in [3.63, 3.8) is 0 Å². The Hall–Kier alpha value is -3.13. The molecule has 0 N–H and O–H groups in total. The largest absolute Gasteiger partial charge is 0.612 e. The Kier molecular flexibility index (Phi) is 7.18. The second kappa shape index (κ2) is 10.6. The van der Waals surface area contributed by atoms with Gasteiger partial charge in [0.25, 0.3) is 0 Å². The topological polar surface area (TPSA) is 72.2 Å². The van der Waals surface area contributed by atoms with Gasteiger partial charge in [0.15, 0.2) is 4.90 Å². The number of methoxy groups -OCH3 is 1. The van der Waals surface area contributed by atoms with Crippen molar-refractivity contribution in [2.75, 3.05) is 20.0 Å². The van der Waals surface area contributed by atoms with E-state index >= 15 is 0 Å². The third-order valence-corrected chi connectivity index (χ3v) is 7.37. The maximum atomic E-state index is 11.9. The van der Waals surface area contributed by atoms with E-state index in [1.807, 2.05) is 73.1 Å². The van der Waals surface area contributed by atoms with Gasteiger partial charge in [0.05, 0.1) is 37.8 Å². The van der Waals surface area contributed by atoms with Gasteiger partial charge in [-0.25, -0.2) is 4.98 Å². The van der Waals surface area contributed by atoms with E-state index in [1.54, 1.807) is 13.4 Å². The van der Waals surface area contributed by atoms with E-state index in [4.69, 9.17) is 14.5 Å². The van der Waals surface area contributed by atoms with Crippen molar-refractivity contribution in [3.8, 4) is 28.3 Å². The molecule has 0 bridgehead atoms. The highest BCUT2D eigenvalue weighted by atomic mass is 32.2. The van der Waals surface area contributed by atoms with Crippen LogP contribution in [0.1, 0.15) is 30.3 Å². The summed E-state index contributed by atoms with van der Waals surface area (Å²) < 4.78 is 25.7. The molecule has 35 heavy (non-hydrogen) atoms. The number of hydrogen-bond acceptors (Lipinski definition) is 5. The summed E-state index contributed by atoms with van der Waals surface area (Å²) in [6.45, 7) is 1.16. The lowest BCUT2D eigenvalue weighted by molar-refractivity contribution is 0.0827. The molecule has 0 radical (unpaired) electrons. The van der Waals surface area contributed by atoms with E-state index in [2.05, 4.69) is 9.55 Å². The average molecular weight is 488 g/mol. The summed E-state index contributed by atoms with van der Waals surface area (Å²) >= 11 is -1.01. The number of pyridine rings is 1. The maximum Gasteiger partial charge on any atom is 0.152 e. The van der Waals surface area contributed by atoms with Crippen LogP contribution in [0.25, 0.3) is 22.5 Å². The first kappa shape index (κ1) is 23.6. The normalized spacial score (nSPS) is 16.0. The van der Waals surface area contributed by atoms with Gasteiger partial charge in [0.2, 0.25) is 0 Å². The molecule has 0 spiro atoms. The van der Waals surface area contributed by atoms with Crippen molar-refractivity contribution in [3.05, 3.63) is 84.4 Å². The van der Waals surface area contributed by atoms with Crippen LogP contribution in [-0.4, -0.2) is 39.1 Å². The Morgan fingerprint density at radius 2 is 1.74 bits per heavy atom. The molecule has 2 aromatic heterocycles. The number of imidazole rings is 1. The van der Waals surface area contributed by atoms with Crippen LogP contribution < -0.4 is 4.74 Å². The minimum Gasteiger partial charge on any atom is -0.612 e. The Morgan fingerprint density at radius 1 is 1.00 bits per heavy atom. The molecular formula is C28H29N3O3S. The number of ether oxygens (including phenoxy) is 2. The number of rotatable bonds is 8. The molecule has 0 amide bonds. The van der Waals surface area contributed by atoms with Crippen molar-refractivity contribution in [1.29, 1.82) is 0 Å². The van der Waals surface area contributed by atoms with Gasteiger partial charge in [0.1, 0.15) is 17.8 Å². The summed E-state index contributed by atoms with van der Waals surface area (Å²) in [7, 11) is 1.67. The first-order valence-corrected chi connectivity index (χ1v) is 13.4. The minimum absolute atomic E-state index is 0.198. The Bertz CT molecular complexity index is 1260. The van der Waals surface area contributed by atoms with Crippen LogP contribution in [0.5, 0.6) is 5.75 Å². The lowest BCUT2D eigenvalue weighted by Crippen LogP contribution is -2.23. The molecule has 4 aromatic rings. The second-order valence-electron chi connectivity index (χ2n) is 8.72. The zero-order valence-corrected chi connectivity index (χ0v) is 20.8. The van der Waals surface area contributed by atoms with Gasteiger partial charge in [0, 0.05) is 29.9 Å². The van der Waals surface area contributed by atoms with E-state index in [-0.39, 0.29) is 6.04 Å². The summed E-state index contributed by atoms with van der Waals surface area (Å²) in [5.74, 6) is 1.93. The first-order valence-electron chi connectivity index (χ1n) is 11.8. The molecular weight excluding hydrogens is 458 g/mol. The van der Waals surface area contributed by atoms with Gasteiger partial charge in [-0.2, -0.15) is 0 Å². The smallest absolute Gasteiger partial charge is 0.152 e. The van der Waals surface area contributed by atoms with Crippen LogP contribution >= 0.6 is 0 Å². The molecule has 6 nitrogen and oxygen atoms in total. The third kappa shape index (κ3) is 5.12. The summed E-state index contributed by atoms with van der Waals surface area (Å²) in [5, 5.41) is 0. The molecule has 5 rings (SSSR count). The molecule has 3 heterocycles. The number of aryl methyl sites for hydroxylation is 1. The predicted octanol–water partition coefficient (Wildman–Crippen LogP) is 5.45. The molecule has 1 aliphatic heterocycles. The second-order valence-corrected chi connectivity index (χ2v) is 10.1. The van der Waals surface area contributed by atoms with Crippen LogP contribution in [-0.2, 0) is 28.9 Å². The van der Waals surface area contributed by atoms with Crippen molar-refractivity contribution in [2.45, 2.75) is 36.8 Å². The maximum absolute atomic E-state index is 11.9. The van der Waals surface area contributed by atoms with Gasteiger partial charge in [-0.1, -0.05) is 12.1 Å².